The van der Waals surface area contributed by atoms with Crippen LogP contribution in [0.4, 0.5) is 4.79 Å². The number of nitrogens with zero attached hydrogens (tertiary/aromatic N) is 1. The van der Waals surface area contributed by atoms with Crippen LogP contribution in [0.2, 0.25) is 0 Å². The molecular weight excluding hydrogens is 432 g/mol. The van der Waals surface area contributed by atoms with E-state index in [2.05, 4.69) is 20.9 Å². The molecule has 0 saturated heterocycles. The summed E-state index contributed by atoms with van der Waals surface area (Å²) in [6.45, 7) is 3.25. The van der Waals surface area contributed by atoms with Gasteiger partial charge in [-0.1, -0.05) is 44.2 Å². The van der Waals surface area contributed by atoms with Gasteiger partial charge in [0.25, 0.3) is 0 Å². The van der Waals surface area contributed by atoms with Crippen molar-refractivity contribution in [2.45, 2.75) is 45.4 Å². The van der Waals surface area contributed by atoms with E-state index in [0.717, 1.165) is 5.56 Å². The molecule has 0 saturated carbocycles. The Morgan fingerprint density at radius 3 is 2.33 bits per heavy atom. The van der Waals surface area contributed by atoms with Crippen molar-refractivity contribution in [2.75, 3.05) is 13.1 Å². The van der Waals surface area contributed by atoms with Crippen LogP contribution in [0.15, 0.2) is 35.3 Å². The Hall–Kier alpha value is -3.83. The third-order valence-electron chi connectivity index (χ3n) is 4.44. The van der Waals surface area contributed by atoms with E-state index in [1.807, 2.05) is 18.2 Å². The lowest BCUT2D eigenvalue weighted by molar-refractivity contribution is -0.142. The first-order valence-corrected chi connectivity index (χ1v) is 10.4. The topological polar surface area (TPSA) is 198 Å². The number of hydrogen-bond acceptors (Lipinski definition) is 6. The summed E-state index contributed by atoms with van der Waals surface area (Å²) in [7, 11) is 0. The molecule has 0 fully saturated rings. The van der Waals surface area contributed by atoms with Gasteiger partial charge < -0.3 is 37.3 Å². The van der Waals surface area contributed by atoms with E-state index in [0.29, 0.717) is 6.42 Å². The molecule has 0 aliphatic heterocycles. The number of alkyl carbamates (subject to hydrolysis) is 1. The minimum atomic E-state index is -1.22. The Morgan fingerprint density at radius 1 is 1.09 bits per heavy atom. The Balaban J connectivity index is 2.50. The molecule has 182 valence electrons. The van der Waals surface area contributed by atoms with Crippen LogP contribution in [-0.4, -0.2) is 60.1 Å². The van der Waals surface area contributed by atoms with Crippen LogP contribution in [0.1, 0.15) is 32.3 Å². The van der Waals surface area contributed by atoms with E-state index in [4.69, 9.17) is 16.2 Å². The lowest BCUT2D eigenvalue weighted by atomic mass is 10.0. The first kappa shape index (κ1) is 27.2. The number of aliphatic carboxylic acids is 1. The summed E-state index contributed by atoms with van der Waals surface area (Å²) < 4.78 is 5.13. The van der Waals surface area contributed by atoms with Gasteiger partial charge in [0.05, 0.1) is 6.54 Å². The van der Waals surface area contributed by atoms with Crippen molar-refractivity contribution in [3.05, 3.63) is 35.9 Å². The Morgan fingerprint density at radius 2 is 1.76 bits per heavy atom. The molecule has 0 aromatic heterocycles. The maximum absolute atomic E-state index is 12.5. The second kappa shape index (κ2) is 14.3. The van der Waals surface area contributed by atoms with Gasteiger partial charge >= 0.3 is 12.1 Å². The lowest BCUT2D eigenvalue weighted by Gasteiger charge is -2.21. The number of guanidine groups is 1. The summed E-state index contributed by atoms with van der Waals surface area (Å²) in [4.78, 5) is 51.7. The normalized spacial score (nSPS) is 12.2. The molecule has 0 bridgehead atoms. The van der Waals surface area contributed by atoms with Crippen LogP contribution in [0.5, 0.6) is 0 Å². The number of carboxylic acid groups (broad SMARTS) is 1. The summed E-state index contributed by atoms with van der Waals surface area (Å²) in [6.07, 6.45) is -0.329. The zero-order chi connectivity index (χ0) is 24.8. The number of aliphatic imine (C=N–C) groups is 1. The molecule has 1 aromatic carbocycles. The fourth-order valence-corrected chi connectivity index (χ4v) is 2.71. The Labute approximate surface area is 192 Å². The number of carboxylic acids is 1. The van der Waals surface area contributed by atoms with Gasteiger partial charge in [-0.2, -0.15) is 0 Å². The molecule has 0 aliphatic carbocycles. The Bertz CT molecular complexity index is 826. The van der Waals surface area contributed by atoms with Crippen molar-refractivity contribution in [2.24, 2.45) is 22.4 Å². The number of ether oxygens (including phenoxy) is 1. The minimum Gasteiger partial charge on any atom is -0.480 e. The van der Waals surface area contributed by atoms with E-state index in [-0.39, 0.29) is 31.4 Å². The highest BCUT2D eigenvalue weighted by molar-refractivity contribution is 5.91. The second-order valence-electron chi connectivity index (χ2n) is 7.55. The zero-order valence-corrected chi connectivity index (χ0v) is 18.7. The summed E-state index contributed by atoms with van der Waals surface area (Å²) in [5.41, 5.74) is 11.2. The summed E-state index contributed by atoms with van der Waals surface area (Å²) in [6, 6.07) is 6.94. The summed E-state index contributed by atoms with van der Waals surface area (Å²) >= 11 is 0. The highest BCUT2D eigenvalue weighted by Gasteiger charge is 2.26. The van der Waals surface area contributed by atoms with E-state index >= 15 is 0 Å². The average molecular weight is 465 g/mol. The molecule has 0 heterocycles. The van der Waals surface area contributed by atoms with E-state index in [1.165, 1.54) is 0 Å². The monoisotopic (exact) mass is 464 g/mol. The van der Waals surface area contributed by atoms with Gasteiger partial charge in [-0.05, 0) is 24.3 Å². The number of carbonyl (C=O) groups is 4. The molecular formula is C21H32N6O6. The minimum absolute atomic E-state index is 0.0429. The summed E-state index contributed by atoms with van der Waals surface area (Å²) in [5, 5.41) is 16.5. The molecule has 0 spiro atoms. The number of rotatable bonds is 13. The van der Waals surface area contributed by atoms with Gasteiger partial charge in [0.15, 0.2) is 5.96 Å². The largest absolute Gasteiger partial charge is 0.480 e. The van der Waals surface area contributed by atoms with Crippen molar-refractivity contribution >= 4 is 29.8 Å². The molecule has 0 unspecified atom stereocenters. The summed E-state index contributed by atoms with van der Waals surface area (Å²) in [5.74, 6) is -2.91. The van der Waals surface area contributed by atoms with E-state index < -0.39 is 42.5 Å². The quantitative estimate of drug-likeness (QED) is 0.130. The van der Waals surface area contributed by atoms with Crippen LogP contribution >= 0.6 is 0 Å². The third-order valence-corrected chi connectivity index (χ3v) is 4.44. The molecule has 12 heteroatoms. The number of hydrogen-bond donors (Lipinski definition) is 6. The molecule has 1 aromatic rings. The maximum Gasteiger partial charge on any atom is 0.408 e. The molecule has 2 atom stereocenters. The van der Waals surface area contributed by atoms with Gasteiger partial charge in [-0.3, -0.25) is 14.6 Å². The van der Waals surface area contributed by atoms with Gasteiger partial charge in [0.1, 0.15) is 18.7 Å². The smallest absolute Gasteiger partial charge is 0.408 e. The van der Waals surface area contributed by atoms with E-state index in [9.17, 15) is 24.3 Å². The van der Waals surface area contributed by atoms with Crippen LogP contribution in [0.3, 0.4) is 0 Å². The fourth-order valence-electron chi connectivity index (χ4n) is 2.71. The SMILES string of the molecule is CC(C)[C@H](NC(=O)OCc1ccccc1)C(=O)NCC(=O)N[C@@H](CCCN=C(N)N)C(=O)O. The van der Waals surface area contributed by atoms with Gasteiger partial charge in [0.2, 0.25) is 11.8 Å². The van der Waals surface area contributed by atoms with Crippen molar-refractivity contribution in [1.29, 1.82) is 0 Å². The molecule has 3 amide bonds. The molecule has 0 radical (unpaired) electrons. The molecule has 12 nitrogen and oxygen atoms in total. The van der Waals surface area contributed by atoms with Gasteiger partial charge in [0, 0.05) is 6.54 Å². The van der Waals surface area contributed by atoms with Gasteiger partial charge in [-0.15, -0.1) is 0 Å². The van der Waals surface area contributed by atoms with Crippen LogP contribution in [-0.2, 0) is 25.7 Å². The predicted molar refractivity (Wildman–Crippen MR) is 121 cm³/mol. The van der Waals surface area contributed by atoms with Crippen LogP contribution in [0.25, 0.3) is 0 Å². The van der Waals surface area contributed by atoms with Crippen LogP contribution < -0.4 is 27.4 Å². The van der Waals surface area contributed by atoms with Crippen molar-refractivity contribution in [1.82, 2.24) is 16.0 Å². The highest BCUT2D eigenvalue weighted by Crippen LogP contribution is 2.05. The molecule has 0 aliphatic rings. The second-order valence-corrected chi connectivity index (χ2v) is 7.55. The fraction of sp³-hybridized carbons (Fsp3) is 0.476. The average Bonchev–Trinajstić information content (AvgIpc) is 2.76. The first-order valence-electron chi connectivity index (χ1n) is 10.4. The molecule has 33 heavy (non-hydrogen) atoms. The molecule has 1 rings (SSSR count). The van der Waals surface area contributed by atoms with Crippen molar-refractivity contribution in [3.63, 3.8) is 0 Å². The lowest BCUT2D eigenvalue weighted by Crippen LogP contribution is -2.52. The third kappa shape index (κ3) is 11.4. The standard InChI is InChI=1S/C21H32N6O6/c1-13(2)17(27-21(32)33-12-14-7-4-3-5-8-14)18(29)25-11-16(28)26-15(19(30)31)9-6-10-24-20(22)23/h3-5,7-8,13,15,17H,6,9-12H2,1-2H3,(H,25,29)(H,26,28)(H,27,32)(H,30,31)(H4,22,23,24)/t15-,17-/m0/s1. The number of amides is 3. The van der Waals surface area contributed by atoms with Gasteiger partial charge in [-0.25, -0.2) is 9.59 Å². The maximum atomic E-state index is 12.5. The number of benzene rings is 1. The van der Waals surface area contributed by atoms with E-state index in [1.54, 1.807) is 26.0 Å². The van der Waals surface area contributed by atoms with Crippen LogP contribution in [0, 0.1) is 5.92 Å². The number of nitrogens with two attached hydrogens (primary N) is 2. The van der Waals surface area contributed by atoms with Crippen molar-refractivity contribution in [3.8, 4) is 0 Å². The highest BCUT2D eigenvalue weighted by atomic mass is 16.5. The predicted octanol–water partition coefficient (Wildman–Crippen LogP) is -0.323. The number of nitrogens with one attached hydrogen (secondary N) is 3. The Kier molecular flexibility index (Phi) is 11.8. The zero-order valence-electron chi connectivity index (χ0n) is 18.7. The molecule has 8 N–H and O–H groups in total. The van der Waals surface area contributed by atoms with Crippen molar-refractivity contribution < 1.29 is 29.0 Å². The number of carbonyl (C=O) groups excluding carboxylic acids is 3. The first-order chi connectivity index (χ1) is 15.6.